The summed E-state index contributed by atoms with van der Waals surface area (Å²) in [5, 5.41) is 24.9. The molecular weight excluding hydrogens is 833 g/mol. The normalized spacial score (nSPS) is 17.8. The predicted molar refractivity (Wildman–Crippen MR) is 292 cm³/mol. The average molecular weight is 881 g/mol. The van der Waals surface area contributed by atoms with Gasteiger partial charge in [-0.05, 0) is 183 Å². The largest absolute Gasteiger partial charge is 0.334 e. The Morgan fingerprint density at radius 3 is 1.36 bits per heavy atom. The Morgan fingerprint density at radius 1 is 0.406 bits per heavy atom. The molecule has 326 valence electrons. The highest BCUT2D eigenvalue weighted by atomic mass is 15.3. The van der Waals surface area contributed by atoms with Gasteiger partial charge in [-0.3, -0.25) is 0 Å². The first kappa shape index (κ1) is 39.9. The Labute approximate surface area is 402 Å². The second kappa shape index (κ2) is 14.9. The minimum Gasteiger partial charge on any atom is -0.334 e. The third-order valence-electron chi connectivity index (χ3n) is 16.8. The molecule has 1 saturated carbocycles. The molecule has 0 spiro atoms. The third kappa shape index (κ3) is 5.65. The Hall–Kier alpha value is -8.25. The summed E-state index contributed by atoms with van der Waals surface area (Å²) in [7, 11) is 0. The molecule has 1 aliphatic carbocycles. The fourth-order valence-electron chi connectivity index (χ4n) is 13.3. The maximum absolute atomic E-state index is 9.72. The van der Waals surface area contributed by atoms with Crippen molar-refractivity contribution in [2.45, 2.75) is 50.5 Å². The van der Waals surface area contributed by atoms with Crippen LogP contribution in [0, 0.1) is 11.3 Å². The second-order valence-electron chi connectivity index (χ2n) is 20.1. The topological polar surface area (TPSA) is 27.0 Å². The van der Waals surface area contributed by atoms with Crippen molar-refractivity contribution in [3.05, 3.63) is 217 Å². The molecule has 12 aromatic rings. The van der Waals surface area contributed by atoms with Crippen molar-refractivity contribution >= 4 is 76.0 Å². The van der Waals surface area contributed by atoms with Gasteiger partial charge in [0.25, 0.3) is 0 Å². The van der Waals surface area contributed by atoms with Gasteiger partial charge >= 0.3 is 0 Å². The van der Waals surface area contributed by atoms with Crippen LogP contribution in [0.1, 0.15) is 50.7 Å². The van der Waals surface area contributed by atoms with Gasteiger partial charge < -0.3 is 4.90 Å². The van der Waals surface area contributed by atoms with Crippen molar-refractivity contribution in [3.63, 3.8) is 0 Å². The molecule has 2 atom stereocenters. The molecule has 12 aromatic carbocycles. The van der Waals surface area contributed by atoms with Crippen LogP contribution in [-0.4, -0.2) is 5.54 Å². The zero-order valence-corrected chi connectivity index (χ0v) is 38.9. The highest BCUT2D eigenvalue weighted by molar-refractivity contribution is 6.33. The van der Waals surface area contributed by atoms with E-state index in [2.05, 4.69) is 219 Å². The molecule has 0 amide bonds. The van der Waals surface area contributed by atoms with E-state index in [1.165, 1.54) is 133 Å². The van der Waals surface area contributed by atoms with Crippen LogP contribution < -0.4 is 4.90 Å². The number of nitriles is 1. The Bertz CT molecular complexity index is 4020. The van der Waals surface area contributed by atoms with E-state index in [9.17, 15) is 5.26 Å². The molecule has 2 heteroatoms. The number of fused-ring (bicyclic) bond motifs is 6. The van der Waals surface area contributed by atoms with Crippen LogP contribution >= 0.6 is 0 Å². The highest BCUT2D eigenvalue weighted by Gasteiger charge is 2.57. The summed E-state index contributed by atoms with van der Waals surface area (Å²) in [6.07, 6.45) is 4.64. The third-order valence-corrected chi connectivity index (χ3v) is 16.8. The van der Waals surface area contributed by atoms with Crippen molar-refractivity contribution in [1.29, 1.82) is 5.26 Å². The number of nitrogens with zero attached hydrogens (tertiary/aromatic N) is 2. The van der Waals surface area contributed by atoms with Gasteiger partial charge in [0.2, 0.25) is 0 Å². The molecule has 0 aromatic heterocycles. The molecule has 0 radical (unpaired) electrons. The van der Waals surface area contributed by atoms with E-state index in [4.69, 9.17) is 0 Å². The van der Waals surface area contributed by atoms with E-state index in [-0.39, 0.29) is 11.0 Å². The van der Waals surface area contributed by atoms with E-state index in [1.54, 1.807) is 0 Å². The zero-order chi connectivity index (χ0) is 46.0. The van der Waals surface area contributed by atoms with Crippen molar-refractivity contribution in [3.8, 4) is 50.6 Å². The summed E-state index contributed by atoms with van der Waals surface area (Å²) in [5.41, 5.74) is 14.3. The van der Waals surface area contributed by atoms with Crippen molar-refractivity contribution in [2.75, 3.05) is 4.90 Å². The maximum Gasteiger partial charge on any atom is 0.0991 e. The van der Waals surface area contributed by atoms with Gasteiger partial charge in [0.05, 0.1) is 17.2 Å². The summed E-state index contributed by atoms with van der Waals surface area (Å²) >= 11 is 0. The number of rotatable bonds is 5. The van der Waals surface area contributed by atoms with Gasteiger partial charge in [-0.1, -0.05) is 177 Å². The fourth-order valence-corrected chi connectivity index (χ4v) is 13.3. The molecule has 1 aliphatic heterocycles. The van der Waals surface area contributed by atoms with E-state index in [0.29, 0.717) is 5.56 Å². The predicted octanol–water partition coefficient (Wildman–Crippen LogP) is 18.3. The van der Waals surface area contributed by atoms with E-state index in [0.717, 1.165) is 18.5 Å². The Kier molecular flexibility index (Phi) is 8.60. The lowest BCUT2D eigenvalue weighted by molar-refractivity contribution is 0.195. The molecular formula is C67H48N2. The van der Waals surface area contributed by atoms with Crippen LogP contribution in [0.25, 0.3) is 109 Å². The fraction of sp³-hybridized carbons (Fsp3) is 0.119. The SMILES string of the molecule is CC12CCCCC1(C)N(c1ccc(C#N)cc1)c1ccc(-c3cc(-c4cccc5ccccc45)c4ccc5c(-c6cccc7ccccc67)cc(-c6cccc7ccccc67)c6ccc3c4c65)cc12. The smallest absolute Gasteiger partial charge is 0.0991 e. The molecule has 2 nitrogen and oxygen atoms in total. The lowest BCUT2D eigenvalue weighted by atomic mass is 9.61. The van der Waals surface area contributed by atoms with Crippen LogP contribution in [0.3, 0.4) is 0 Å². The number of hydrogen-bond donors (Lipinski definition) is 0. The van der Waals surface area contributed by atoms with Crippen LogP contribution in [0.15, 0.2) is 206 Å². The quantitative estimate of drug-likeness (QED) is 0.161. The molecule has 69 heavy (non-hydrogen) atoms. The van der Waals surface area contributed by atoms with Crippen molar-refractivity contribution in [1.82, 2.24) is 0 Å². The number of benzene rings is 12. The lowest BCUT2D eigenvalue weighted by Crippen LogP contribution is -2.54. The van der Waals surface area contributed by atoms with Crippen molar-refractivity contribution < 1.29 is 0 Å². The van der Waals surface area contributed by atoms with Crippen molar-refractivity contribution in [2.24, 2.45) is 0 Å². The number of anilines is 2. The lowest BCUT2D eigenvalue weighted by Gasteiger charge is -2.50. The van der Waals surface area contributed by atoms with Crippen LogP contribution in [-0.2, 0) is 5.41 Å². The minimum absolute atomic E-state index is 0.0759. The standard InChI is InChI=1S/C67H48N2/c1-66-36-9-10-37-67(66,2)69(47-29-26-42(41-68)27-30-47)63-35-28-46(38-62(63)66)58-39-59(51-23-11-17-43-14-3-6-20-48(43)51)55-33-34-57-61(53-25-13-19-45-16-5-8-22-50(45)53)40-60(56-32-31-54(58)64(55)65(56)57)52-24-12-18-44-15-4-7-21-49(44)52/h3-8,11-35,38-40H,9-10,36-37H2,1-2H3. The summed E-state index contributed by atoms with van der Waals surface area (Å²) in [5.74, 6) is 0. The van der Waals surface area contributed by atoms with Gasteiger partial charge in [-0.15, -0.1) is 0 Å². The summed E-state index contributed by atoms with van der Waals surface area (Å²) < 4.78 is 0. The molecule has 1 fully saturated rings. The summed E-state index contributed by atoms with van der Waals surface area (Å²) in [4.78, 5) is 2.61. The van der Waals surface area contributed by atoms with Gasteiger partial charge in [0.15, 0.2) is 0 Å². The van der Waals surface area contributed by atoms with Crippen LogP contribution in [0.5, 0.6) is 0 Å². The first-order valence-corrected chi connectivity index (χ1v) is 24.6. The molecule has 0 saturated heterocycles. The van der Waals surface area contributed by atoms with Gasteiger partial charge in [0.1, 0.15) is 0 Å². The second-order valence-corrected chi connectivity index (χ2v) is 20.1. The molecule has 2 unspecified atom stereocenters. The highest BCUT2D eigenvalue weighted by Crippen LogP contribution is 2.62. The molecule has 2 aliphatic rings. The van der Waals surface area contributed by atoms with Crippen LogP contribution in [0.2, 0.25) is 0 Å². The molecule has 0 N–H and O–H groups in total. The Morgan fingerprint density at radius 2 is 0.855 bits per heavy atom. The maximum atomic E-state index is 9.72. The molecule has 14 rings (SSSR count). The van der Waals surface area contributed by atoms with Gasteiger partial charge in [-0.2, -0.15) is 5.26 Å². The average Bonchev–Trinajstić information content (AvgIpc) is 3.61. The van der Waals surface area contributed by atoms with E-state index >= 15 is 0 Å². The van der Waals surface area contributed by atoms with Crippen LogP contribution in [0.4, 0.5) is 11.4 Å². The van der Waals surface area contributed by atoms with E-state index < -0.39 is 0 Å². The monoisotopic (exact) mass is 880 g/mol. The van der Waals surface area contributed by atoms with Gasteiger partial charge in [-0.25, -0.2) is 0 Å². The summed E-state index contributed by atoms with van der Waals surface area (Å²) in [6, 6.07) is 79.5. The Balaban J connectivity index is 1.11. The molecule has 1 heterocycles. The number of hydrogen-bond acceptors (Lipinski definition) is 2. The minimum atomic E-state index is -0.118. The van der Waals surface area contributed by atoms with E-state index in [1.807, 2.05) is 12.1 Å². The zero-order valence-electron chi connectivity index (χ0n) is 38.9. The first-order valence-electron chi connectivity index (χ1n) is 24.6. The molecule has 0 bridgehead atoms. The summed E-state index contributed by atoms with van der Waals surface area (Å²) in [6.45, 7) is 5.01. The van der Waals surface area contributed by atoms with Gasteiger partial charge in [0, 0.05) is 16.8 Å². The first-order chi connectivity index (χ1) is 33.9.